The first kappa shape index (κ1) is 14.9. The lowest BCUT2D eigenvalue weighted by Crippen LogP contribution is -2.33. The highest BCUT2D eigenvalue weighted by atomic mass is 32.1. The Bertz CT molecular complexity index is 730. The molecule has 1 aliphatic heterocycles. The summed E-state index contributed by atoms with van der Waals surface area (Å²) in [7, 11) is 0. The Morgan fingerprint density at radius 1 is 1.45 bits per heavy atom. The number of hydrogen-bond donors (Lipinski definition) is 3. The number of fused-ring (bicyclic) bond motifs is 1. The molecular formula is C14H15N3O4S. The fourth-order valence-electron chi connectivity index (χ4n) is 2.49. The number of thiophene rings is 1. The number of nitro groups is 1. The summed E-state index contributed by atoms with van der Waals surface area (Å²) < 4.78 is 0.832. The first-order chi connectivity index (χ1) is 10.5. The molecule has 0 radical (unpaired) electrons. The Balaban J connectivity index is 1.72. The largest absolute Gasteiger partial charge is 0.391 e. The van der Waals surface area contributed by atoms with Gasteiger partial charge < -0.3 is 15.7 Å². The summed E-state index contributed by atoms with van der Waals surface area (Å²) in [5.74, 6) is -0.206. The third kappa shape index (κ3) is 2.94. The van der Waals surface area contributed by atoms with Gasteiger partial charge in [0.05, 0.1) is 15.9 Å². The quantitative estimate of drug-likeness (QED) is 0.578. The molecule has 0 spiro atoms. The van der Waals surface area contributed by atoms with Crippen LogP contribution in [0.2, 0.25) is 0 Å². The van der Waals surface area contributed by atoms with Gasteiger partial charge in [0.25, 0.3) is 11.6 Å². The summed E-state index contributed by atoms with van der Waals surface area (Å²) in [5.41, 5.74) is 0.0115. The van der Waals surface area contributed by atoms with E-state index in [0.29, 0.717) is 29.9 Å². The average molecular weight is 321 g/mol. The molecule has 0 saturated carbocycles. The topological polar surface area (TPSA) is 104 Å². The number of hydrogen-bond acceptors (Lipinski definition) is 6. The molecule has 8 heteroatoms. The lowest BCUT2D eigenvalue weighted by Gasteiger charge is -2.13. The van der Waals surface area contributed by atoms with E-state index in [-0.39, 0.29) is 17.5 Å². The molecule has 2 atom stereocenters. The van der Waals surface area contributed by atoms with Crippen LogP contribution < -0.4 is 10.6 Å². The minimum atomic E-state index is -0.453. The third-order valence-electron chi connectivity index (χ3n) is 3.76. The van der Waals surface area contributed by atoms with Gasteiger partial charge in [0.1, 0.15) is 0 Å². The second-order valence-electron chi connectivity index (χ2n) is 5.29. The van der Waals surface area contributed by atoms with E-state index >= 15 is 0 Å². The second kappa shape index (κ2) is 5.99. The van der Waals surface area contributed by atoms with Gasteiger partial charge in [0.2, 0.25) is 0 Å². The molecule has 1 aliphatic rings. The van der Waals surface area contributed by atoms with Crippen LogP contribution in [0.1, 0.15) is 9.67 Å². The van der Waals surface area contributed by atoms with Crippen molar-refractivity contribution >= 4 is 33.0 Å². The molecule has 2 unspecified atom stereocenters. The number of non-ortho nitro benzene ring substituents is 1. The number of aliphatic hydroxyl groups excluding tert-OH is 1. The summed E-state index contributed by atoms with van der Waals surface area (Å²) in [6.45, 7) is 1.63. The Hall–Kier alpha value is -2.03. The highest BCUT2D eigenvalue weighted by molar-refractivity contribution is 7.20. The van der Waals surface area contributed by atoms with Gasteiger partial charge in [-0.2, -0.15) is 0 Å². The highest BCUT2D eigenvalue weighted by Gasteiger charge is 2.25. The Labute approximate surface area is 130 Å². The maximum atomic E-state index is 12.2. The first-order valence-corrected chi connectivity index (χ1v) is 7.71. The number of aliphatic hydroxyl groups is 1. The van der Waals surface area contributed by atoms with Crippen LogP contribution in [-0.4, -0.2) is 41.7 Å². The van der Waals surface area contributed by atoms with E-state index in [1.807, 2.05) is 0 Å². The molecule has 0 bridgehead atoms. The minimum Gasteiger partial charge on any atom is -0.391 e. The normalized spacial score (nSPS) is 21.1. The van der Waals surface area contributed by atoms with Gasteiger partial charge in [0.15, 0.2) is 0 Å². The van der Waals surface area contributed by atoms with Crippen molar-refractivity contribution in [1.82, 2.24) is 10.6 Å². The van der Waals surface area contributed by atoms with Gasteiger partial charge in [-0.15, -0.1) is 11.3 Å². The summed E-state index contributed by atoms with van der Waals surface area (Å²) in [4.78, 5) is 23.0. The lowest BCUT2D eigenvalue weighted by molar-refractivity contribution is -0.384. The molecule has 0 aliphatic carbocycles. The zero-order valence-electron chi connectivity index (χ0n) is 11.6. The van der Waals surface area contributed by atoms with E-state index in [1.54, 1.807) is 12.1 Å². The van der Waals surface area contributed by atoms with E-state index in [4.69, 9.17) is 0 Å². The molecular weight excluding hydrogens is 306 g/mol. The lowest BCUT2D eigenvalue weighted by atomic mass is 10.1. The number of carbonyl (C=O) groups excluding carboxylic acids is 1. The average Bonchev–Trinajstić information content (AvgIpc) is 3.09. The Morgan fingerprint density at radius 3 is 2.95 bits per heavy atom. The van der Waals surface area contributed by atoms with Gasteiger partial charge in [0, 0.05) is 47.8 Å². The van der Waals surface area contributed by atoms with Crippen LogP contribution in [0, 0.1) is 16.0 Å². The first-order valence-electron chi connectivity index (χ1n) is 6.89. The number of carbonyl (C=O) groups is 1. The van der Waals surface area contributed by atoms with Gasteiger partial charge >= 0.3 is 0 Å². The second-order valence-corrected chi connectivity index (χ2v) is 6.37. The van der Waals surface area contributed by atoms with E-state index in [2.05, 4.69) is 10.6 Å². The van der Waals surface area contributed by atoms with Crippen LogP contribution in [-0.2, 0) is 0 Å². The number of benzene rings is 1. The minimum absolute atomic E-state index is 0.0115. The number of β-amino-alcohol motifs (C(OH)–C–C–N with tert-alkyl or cyclic N) is 1. The smallest absolute Gasteiger partial charge is 0.270 e. The van der Waals surface area contributed by atoms with Crippen molar-refractivity contribution in [2.24, 2.45) is 5.92 Å². The van der Waals surface area contributed by atoms with Crippen molar-refractivity contribution in [2.45, 2.75) is 6.10 Å². The maximum absolute atomic E-state index is 12.2. The SMILES string of the molecule is O=C(NCC1CNCC1O)c1cc2cc([N+](=O)[O-])ccc2s1. The maximum Gasteiger partial charge on any atom is 0.270 e. The van der Waals surface area contributed by atoms with E-state index in [1.165, 1.54) is 23.5 Å². The van der Waals surface area contributed by atoms with Crippen LogP contribution in [0.5, 0.6) is 0 Å². The standard InChI is InChI=1S/C14H15N3O4S/c18-11-7-15-5-9(11)6-16-14(19)13-4-8-3-10(17(20)21)1-2-12(8)22-13/h1-4,9,11,15,18H,5-7H2,(H,16,19). The molecule has 3 rings (SSSR count). The van der Waals surface area contributed by atoms with Crippen LogP contribution in [0.25, 0.3) is 10.1 Å². The van der Waals surface area contributed by atoms with E-state index < -0.39 is 11.0 Å². The molecule has 116 valence electrons. The third-order valence-corrected chi connectivity index (χ3v) is 4.88. The summed E-state index contributed by atoms with van der Waals surface area (Å²) >= 11 is 1.30. The monoisotopic (exact) mass is 321 g/mol. The van der Waals surface area contributed by atoms with E-state index in [9.17, 15) is 20.0 Å². The molecule has 3 N–H and O–H groups in total. The van der Waals surface area contributed by atoms with Crippen LogP contribution in [0.3, 0.4) is 0 Å². The predicted octanol–water partition coefficient (Wildman–Crippen LogP) is 1.12. The molecule has 1 saturated heterocycles. The van der Waals surface area contributed by atoms with Crippen molar-refractivity contribution < 1.29 is 14.8 Å². The molecule has 1 aromatic heterocycles. The number of amides is 1. The van der Waals surface area contributed by atoms with Gasteiger partial charge in [-0.1, -0.05) is 0 Å². The summed E-state index contributed by atoms with van der Waals surface area (Å²) in [6.07, 6.45) is -0.439. The fourth-order valence-corrected chi connectivity index (χ4v) is 3.45. The number of nitrogens with zero attached hydrogens (tertiary/aromatic N) is 1. The molecule has 22 heavy (non-hydrogen) atoms. The van der Waals surface area contributed by atoms with Crippen molar-refractivity contribution in [2.75, 3.05) is 19.6 Å². The molecule has 2 heterocycles. The van der Waals surface area contributed by atoms with Crippen LogP contribution in [0.4, 0.5) is 5.69 Å². The van der Waals surface area contributed by atoms with Crippen molar-refractivity contribution in [3.05, 3.63) is 39.3 Å². The molecule has 7 nitrogen and oxygen atoms in total. The van der Waals surface area contributed by atoms with Crippen molar-refractivity contribution in [1.29, 1.82) is 0 Å². The Morgan fingerprint density at radius 2 is 2.27 bits per heavy atom. The number of nitro benzene ring substituents is 1. The summed E-state index contributed by atoms with van der Waals surface area (Å²) in [6, 6.07) is 6.21. The fraction of sp³-hybridized carbons (Fsp3) is 0.357. The van der Waals surface area contributed by atoms with Gasteiger partial charge in [-0.3, -0.25) is 14.9 Å². The van der Waals surface area contributed by atoms with Gasteiger partial charge in [-0.05, 0) is 12.1 Å². The highest BCUT2D eigenvalue weighted by Crippen LogP contribution is 2.28. The molecule has 2 aromatic rings. The number of rotatable bonds is 4. The van der Waals surface area contributed by atoms with Crippen molar-refractivity contribution in [3.63, 3.8) is 0 Å². The van der Waals surface area contributed by atoms with E-state index in [0.717, 1.165) is 4.70 Å². The van der Waals surface area contributed by atoms with Crippen LogP contribution in [0.15, 0.2) is 24.3 Å². The predicted molar refractivity (Wildman–Crippen MR) is 83.2 cm³/mol. The van der Waals surface area contributed by atoms with Crippen LogP contribution >= 0.6 is 11.3 Å². The molecule has 1 amide bonds. The molecule has 1 fully saturated rings. The van der Waals surface area contributed by atoms with Crippen molar-refractivity contribution in [3.8, 4) is 0 Å². The van der Waals surface area contributed by atoms with Gasteiger partial charge in [-0.25, -0.2) is 0 Å². The Kier molecular flexibility index (Phi) is 4.06. The molecule has 1 aromatic carbocycles. The zero-order valence-corrected chi connectivity index (χ0v) is 12.4. The summed E-state index contributed by atoms with van der Waals surface area (Å²) in [5, 5.41) is 27.0. The zero-order chi connectivity index (χ0) is 15.7. The number of nitrogens with one attached hydrogen (secondary N) is 2.